The predicted molar refractivity (Wildman–Crippen MR) is 70.8 cm³/mol. The Kier molecular flexibility index (Phi) is 6.72. The Bertz CT molecular complexity index is 240. The lowest BCUT2D eigenvalue weighted by Crippen LogP contribution is -2.52. The number of nitrogens with two attached hydrogens (primary N) is 1. The molecule has 0 saturated carbocycles. The molecule has 0 aliphatic heterocycles. The molecule has 0 heterocycles. The molecule has 0 saturated heterocycles. The highest BCUT2D eigenvalue weighted by atomic mass is 16.5. The van der Waals surface area contributed by atoms with E-state index < -0.39 is 5.54 Å². The van der Waals surface area contributed by atoms with Crippen LogP contribution in [0.25, 0.3) is 0 Å². The van der Waals surface area contributed by atoms with Crippen molar-refractivity contribution in [2.75, 3.05) is 13.7 Å². The fourth-order valence-corrected chi connectivity index (χ4v) is 2.29. The van der Waals surface area contributed by atoms with Gasteiger partial charge in [0.1, 0.15) is 5.54 Å². The molecule has 0 rings (SSSR count). The van der Waals surface area contributed by atoms with Crippen molar-refractivity contribution in [3.05, 3.63) is 0 Å². The summed E-state index contributed by atoms with van der Waals surface area (Å²) in [5, 5.41) is 0. The van der Waals surface area contributed by atoms with Crippen LogP contribution in [-0.4, -0.2) is 42.1 Å². The molecule has 0 aromatic rings. The number of rotatable bonds is 7. The van der Waals surface area contributed by atoms with Crippen molar-refractivity contribution in [2.24, 2.45) is 5.73 Å². The number of carbonyl (C=O) groups excluding carboxylic acids is 1. The average Bonchev–Trinajstić information content (AvgIpc) is 2.23. The average molecular weight is 244 g/mol. The molecule has 2 atom stereocenters. The monoisotopic (exact) mass is 244 g/mol. The summed E-state index contributed by atoms with van der Waals surface area (Å²) in [5.41, 5.74) is 5.10. The molecule has 0 aromatic heterocycles. The fourth-order valence-electron chi connectivity index (χ4n) is 2.29. The van der Waals surface area contributed by atoms with Crippen LogP contribution in [0.1, 0.15) is 47.5 Å². The summed E-state index contributed by atoms with van der Waals surface area (Å²) in [6.07, 6.45) is 1.71. The first-order chi connectivity index (χ1) is 7.76. The molecule has 2 unspecified atom stereocenters. The Morgan fingerprint density at radius 1 is 1.41 bits per heavy atom. The third-order valence-electron chi connectivity index (χ3n) is 3.08. The van der Waals surface area contributed by atoms with Gasteiger partial charge in [0.2, 0.25) is 0 Å². The second kappa shape index (κ2) is 6.97. The molecule has 4 heteroatoms. The van der Waals surface area contributed by atoms with Gasteiger partial charge in [0.15, 0.2) is 0 Å². The summed E-state index contributed by atoms with van der Waals surface area (Å²) in [7, 11) is 1.38. The SMILES string of the molecule is CCCN(C(C)C)C(C)CC(C)(N)C(=O)OC. The largest absolute Gasteiger partial charge is 0.468 e. The minimum absolute atomic E-state index is 0.268. The number of methoxy groups -OCH3 is 1. The standard InChI is InChI=1S/C13H28N2O2/c1-7-8-15(10(2)3)11(4)9-13(5,14)12(16)17-6/h10-11H,7-9,14H2,1-6H3. The van der Waals surface area contributed by atoms with Crippen molar-refractivity contribution in [1.29, 1.82) is 0 Å². The van der Waals surface area contributed by atoms with Crippen molar-refractivity contribution in [1.82, 2.24) is 4.90 Å². The van der Waals surface area contributed by atoms with Crippen LogP contribution in [-0.2, 0) is 9.53 Å². The van der Waals surface area contributed by atoms with E-state index in [1.807, 2.05) is 0 Å². The maximum absolute atomic E-state index is 11.6. The molecule has 0 amide bonds. The smallest absolute Gasteiger partial charge is 0.325 e. The molecular weight excluding hydrogens is 216 g/mol. The van der Waals surface area contributed by atoms with Crippen LogP contribution in [0.2, 0.25) is 0 Å². The van der Waals surface area contributed by atoms with E-state index in [0.717, 1.165) is 13.0 Å². The van der Waals surface area contributed by atoms with E-state index in [4.69, 9.17) is 10.5 Å². The van der Waals surface area contributed by atoms with E-state index >= 15 is 0 Å². The van der Waals surface area contributed by atoms with Gasteiger partial charge in [0.05, 0.1) is 7.11 Å². The van der Waals surface area contributed by atoms with Gasteiger partial charge in [-0.3, -0.25) is 9.69 Å². The topological polar surface area (TPSA) is 55.6 Å². The van der Waals surface area contributed by atoms with Gasteiger partial charge < -0.3 is 10.5 Å². The van der Waals surface area contributed by atoms with E-state index in [2.05, 4.69) is 32.6 Å². The van der Waals surface area contributed by atoms with Crippen molar-refractivity contribution >= 4 is 5.97 Å². The summed E-state index contributed by atoms with van der Waals surface area (Å²) in [6.45, 7) is 11.4. The summed E-state index contributed by atoms with van der Waals surface area (Å²) >= 11 is 0. The highest BCUT2D eigenvalue weighted by Gasteiger charge is 2.33. The highest BCUT2D eigenvalue weighted by molar-refractivity contribution is 5.79. The van der Waals surface area contributed by atoms with Gasteiger partial charge in [-0.1, -0.05) is 6.92 Å². The molecule has 0 bridgehead atoms. The van der Waals surface area contributed by atoms with Gasteiger partial charge in [-0.05, 0) is 47.1 Å². The van der Waals surface area contributed by atoms with Crippen molar-refractivity contribution in [3.8, 4) is 0 Å². The molecule has 102 valence electrons. The molecule has 4 nitrogen and oxygen atoms in total. The zero-order chi connectivity index (χ0) is 13.6. The van der Waals surface area contributed by atoms with Crippen LogP contribution in [0, 0.1) is 0 Å². The third-order valence-corrected chi connectivity index (χ3v) is 3.08. The van der Waals surface area contributed by atoms with Gasteiger partial charge in [-0.2, -0.15) is 0 Å². The molecular formula is C13H28N2O2. The molecule has 0 aromatic carbocycles. The van der Waals surface area contributed by atoms with E-state index in [1.165, 1.54) is 7.11 Å². The van der Waals surface area contributed by atoms with Crippen LogP contribution < -0.4 is 5.73 Å². The number of nitrogens with zero attached hydrogens (tertiary/aromatic N) is 1. The van der Waals surface area contributed by atoms with Gasteiger partial charge in [0.25, 0.3) is 0 Å². The molecule has 0 aliphatic rings. The second-order valence-electron chi connectivity index (χ2n) is 5.29. The predicted octanol–water partition coefficient (Wildman–Crippen LogP) is 1.78. The second-order valence-corrected chi connectivity index (χ2v) is 5.29. The first-order valence-electron chi connectivity index (χ1n) is 6.39. The number of carbonyl (C=O) groups is 1. The first kappa shape index (κ1) is 16.4. The summed E-state index contributed by atoms with van der Waals surface area (Å²) in [4.78, 5) is 13.9. The van der Waals surface area contributed by atoms with E-state index in [0.29, 0.717) is 12.5 Å². The Hall–Kier alpha value is -0.610. The molecule has 0 radical (unpaired) electrons. The van der Waals surface area contributed by atoms with Crippen LogP contribution in [0.4, 0.5) is 0 Å². The quantitative estimate of drug-likeness (QED) is 0.694. The van der Waals surface area contributed by atoms with Crippen molar-refractivity contribution in [3.63, 3.8) is 0 Å². The molecule has 0 spiro atoms. The van der Waals surface area contributed by atoms with Gasteiger partial charge >= 0.3 is 5.97 Å². The summed E-state index contributed by atoms with van der Waals surface area (Å²) in [6, 6.07) is 0.724. The molecule has 2 N–H and O–H groups in total. The summed E-state index contributed by atoms with van der Waals surface area (Å²) in [5.74, 6) is -0.343. The lowest BCUT2D eigenvalue weighted by atomic mass is 9.93. The minimum atomic E-state index is -0.908. The normalized spacial score (nSPS) is 17.0. The van der Waals surface area contributed by atoms with E-state index in [9.17, 15) is 4.79 Å². The molecule has 0 fully saturated rings. The van der Waals surface area contributed by atoms with Crippen LogP contribution in [0.3, 0.4) is 0 Å². The Morgan fingerprint density at radius 2 is 1.94 bits per heavy atom. The van der Waals surface area contributed by atoms with E-state index in [1.54, 1.807) is 6.92 Å². The van der Waals surface area contributed by atoms with Gasteiger partial charge in [0, 0.05) is 12.1 Å². The van der Waals surface area contributed by atoms with Gasteiger partial charge in [-0.15, -0.1) is 0 Å². The lowest BCUT2D eigenvalue weighted by molar-refractivity contribution is -0.147. The van der Waals surface area contributed by atoms with Gasteiger partial charge in [-0.25, -0.2) is 0 Å². The van der Waals surface area contributed by atoms with Crippen LogP contribution in [0.5, 0.6) is 0 Å². The van der Waals surface area contributed by atoms with E-state index in [-0.39, 0.29) is 12.0 Å². The lowest BCUT2D eigenvalue weighted by Gasteiger charge is -2.36. The fraction of sp³-hybridized carbons (Fsp3) is 0.923. The van der Waals surface area contributed by atoms with Crippen LogP contribution in [0.15, 0.2) is 0 Å². The third kappa shape index (κ3) is 5.04. The molecule has 17 heavy (non-hydrogen) atoms. The number of hydrogen-bond donors (Lipinski definition) is 1. The maximum Gasteiger partial charge on any atom is 0.325 e. The maximum atomic E-state index is 11.6. The first-order valence-corrected chi connectivity index (χ1v) is 6.39. The number of ether oxygens (including phenoxy) is 1. The molecule has 0 aliphatic carbocycles. The van der Waals surface area contributed by atoms with Crippen molar-refractivity contribution in [2.45, 2.75) is 65.1 Å². The Labute approximate surface area is 105 Å². The Morgan fingerprint density at radius 3 is 2.29 bits per heavy atom. The van der Waals surface area contributed by atoms with Crippen molar-refractivity contribution < 1.29 is 9.53 Å². The highest BCUT2D eigenvalue weighted by Crippen LogP contribution is 2.17. The zero-order valence-corrected chi connectivity index (χ0v) is 12.1. The Balaban J connectivity index is 4.58. The number of esters is 1. The zero-order valence-electron chi connectivity index (χ0n) is 12.1. The minimum Gasteiger partial charge on any atom is -0.468 e. The summed E-state index contributed by atoms with van der Waals surface area (Å²) < 4.78 is 4.73. The number of hydrogen-bond acceptors (Lipinski definition) is 4. The van der Waals surface area contributed by atoms with Crippen LogP contribution >= 0.6 is 0 Å².